The zero-order valence-electron chi connectivity index (χ0n) is 15.6. The summed E-state index contributed by atoms with van der Waals surface area (Å²) in [7, 11) is 0. The second kappa shape index (κ2) is 6.72. The number of rotatable bonds is 6. The molecule has 0 saturated carbocycles. The molecule has 0 unspecified atom stereocenters. The van der Waals surface area contributed by atoms with Gasteiger partial charge in [0.05, 0.1) is 24.5 Å². The first-order valence-electron chi connectivity index (χ1n) is 9.86. The number of amides is 2. The molecule has 2 amide bonds. The fraction of sp³-hybridized carbons (Fsp3) is 0.700. The fourth-order valence-electron chi connectivity index (χ4n) is 5.20. The number of hydrogen-bond donors (Lipinski definition) is 1. The van der Waals surface area contributed by atoms with E-state index < -0.39 is 0 Å². The zero-order valence-corrected chi connectivity index (χ0v) is 15.6. The number of furan rings is 1. The number of carbonyl (C=O) groups is 2. The van der Waals surface area contributed by atoms with Gasteiger partial charge in [0.1, 0.15) is 0 Å². The van der Waals surface area contributed by atoms with Crippen LogP contribution in [0.3, 0.4) is 0 Å². The molecule has 142 valence electrons. The molecule has 1 N–H and O–H groups in total. The van der Waals surface area contributed by atoms with E-state index in [0.29, 0.717) is 31.3 Å². The van der Waals surface area contributed by atoms with Crippen LogP contribution in [0.1, 0.15) is 50.1 Å². The molecule has 3 aliphatic rings. The Kier molecular flexibility index (Phi) is 4.55. The Balaban J connectivity index is 1.43. The van der Waals surface area contributed by atoms with Crippen molar-refractivity contribution >= 4 is 11.8 Å². The van der Waals surface area contributed by atoms with Crippen molar-refractivity contribution in [3.63, 3.8) is 0 Å². The van der Waals surface area contributed by atoms with Gasteiger partial charge in [-0.15, -0.1) is 0 Å². The minimum absolute atomic E-state index is 0.0642. The molecule has 2 bridgehead atoms. The Labute approximate surface area is 154 Å². The number of ether oxygens (including phenoxy) is 1. The lowest BCUT2D eigenvalue weighted by Crippen LogP contribution is -2.43. The quantitative estimate of drug-likeness (QED) is 0.846. The van der Waals surface area contributed by atoms with Gasteiger partial charge in [-0.2, -0.15) is 0 Å². The summed E-state index contributed by atoms with van der Waals surface area (Å²) in [6.45, 7) is 6.07. The number of nitrogens with one attached hydrogen (secondary N) is 1. The summed E-state index contributed by atoms with van der Waals surface area (Å²) in [5, 5.41) is 3.15. The van der Waals surface area contributed by atoms with Crippen molar-refractivity contribution in [3.05, 3.63) is 24.2 Å². The van der Waals surface area contributed by atoms with Crippen LogP contribution in [0, 0.1) is 17.8 Å². The van der Waals surface area contributed by atoms with E-state index in [1.165, 1.54) is 6.26 Å². The van der Waals surface area contributed by atoms with Gasteiger partial charge in [-0.05, 0) is 37.8 Å². The number of fused-ring (bicyclic) bond motifs is 1. The molecule has 6 nitrogen and oxygen atoms in total. The third-order valence-corrected chi connectivity index (χ3v) is 6.67. The van der Waals surface area contributed by atoms with Crippen molar-refractivity contribution < 1.29 is 18.7 Å². The Bertz CT molecular complexity index is 669. The third-order valence-electron chi connectivity index (χ3n) is 6.67. The largest absolute Gasteiger partial charge is 0.459 e. The van der Waals surface area contributed by atoms with Crippen molar-refractivity contribution in [2.75, 3.05) is 19.6 Å². The molecule has 0 aliphatic carbocycles. The van der Waals surface area contributed by atoms with Gasteiger partial charge in [-0.3, -0.25) is 9.59 Å². The predicted molar refractivity (Wildman–Crippen MR) is 95.5 cm³/mol. The number of nitrogens with zero attached hydrogens (tertiary/aromatic N) is 1. The van der Waals surface area contributed by atoms with Crippen molar-refractivity contribution in [1.82, 2.24) is 10.2 Å². The first-order chi connectivity index (χ1) is 12.6. The van der Waals surface area contributed by atoms with Gasteiger partial charge in [0.25, 0.3) is 5.91 Å². The minimum atomic E-state index is -0.225. The molecule has 0 radical (unpaired) electrons. The summed E-state index contributed by atoms with van der Waals surface area (Å²) in [5.74, 6) is 1.14. The van der Waals surface area contributed by atoms with E-state index in [1.807, 2.05) is 4.90 Å². The van der Waals surface area contributed by atoms with Crippen LogP contribution in [0.5, 0.6) is 0 Å². The number of hydrogen-bond acceptors (Lipinski definition) is 4. The molecule has 3 saturated heterocycles. The summed E-state index contributed by atoms with van der Waals surface area (Å²) in [6, 6.07) is 3.44. The van der Waals surface area contributed by atoms with Crippen LogP contribution in [0.2, 0.25) is 0 Å². The second-order valence-corrected chi connectivity index (χ2v) is 7.95. The lowest BCUT2D eigenvalue weighted by atomic mass is 9.73. The lowest BCUT2D eigenvalue weighted by molar-refractivity contribution is -0.125. The number of likely N-dealkylation sites (tertiary alicyclic amines) is 1. The monoisotopic (exact) mass is 360 g/mol. The molecular formula is C20H28N2O4. The Hall–Kier alpha value is -1.82. The lowest BCUT2D eigenvalue weighted by Gasteiger charge is -2.29. The van der Waals surface area contributed by atoms with E-state index in [9.17, 15) is 9.59 Å². The average Bonchev–Trinajstić information content (AvgIpc) is 3.40. The van der Waals surface area contributed by atoms with Crippen molar-refractivity contribution in [3.8, 4) is 0 Å². The van der Waals surface area contributed by atoms with Crippen molar-refractivity contribution in [1.29, 1.82) is 0 Å². The fourth-order valence-corrected chi connectivity index (χ4v) is 5.20. The first-order valence-corrected chi connectivity index (χ1v) is 9.86. The minimum Gasteiger partial charge on any atom is -0.459 e. The van der Waals surface area contributed by atoms with Gasteiger partial charge >= 0.3 is 0 Å². The van der Waals surface area contributed by atoms with E-state index in [1.54, 1.807) is 12.1 Å². The van der Waals surface area contributed by atoms with Crippen LogP contribution in [0.4, 0.5) is 0 Å². The van der Waals surface area contributed by atoms with Crippen LogP contribution < -0.4 is 5.32 Å². The molecule has 1 spiro atoms. The van der Waals surface area contributed by atoms with E-state index in [-0.39, 0.29) is 35.4 Å². The van der Waals surface area contributed by atoms with Crippen LogP contribution in [-0.2, 0) is 9.53 Å². The summed E-state index contributed by atoms with van der Waals surface area (Å²) >= 11 is 0. The highest BCUT2D eigenvalue weighted by molar-refractivity contribution is 5.91. The SMILES string of the molecule is CCC(CC)C(=O)NC[C@H]1[C@H]2CN(C(=O)c3ccco3)C[C@]23CC[C@H]1O3. The summed E-state index contributed by atoms with van der Waals surface area (Å²) in [4.78, 5) is 26.9. The van der Waals surface area contributed by atoms with Gasteiger partial charge in [0.2, 0.25) is 5.91 Å². The Morgan fingerprint density at radius 1 is 1.38 bits per heavy atom. The molecule has 3 fully saturated rings. The summed E-state index contributed by atoms with van der Waals surface area (Å²) in [6.07, 6.45) is 5.49. The molecule has 0 aromatic carbocycles. The van der Waals surface area contributed by atoms with E-state index >= 15 is 0 Å². The van der Waals surface area contributed by atoms with E-state index in [4.69, 9.17) is 9.15 Å². The molecular weight excluding hydrogens is 332 g/mol. The van der Waals surface area contributed by atoms with Crippen LogP contribution in [0.25, 0.3) is 0 Å². The van der Waals surface area contributed by atoms with E-state index in [2.05, 4.69) is 19.2 Å². The molecule has 26 heavy (non-hydrogen) atoms. The maximum Gasteiger partial charge on any atom is 0.289 e. The van der Waals surface area contributed by atoms with Gasteiger partial charge in [0, 0.05) is 30.8 Å². The Morgan fingerprint density at radius 3 is 2.88 bits per heavy atom. The topological polar surface area (TPSA) is 71.8 Å². The highest BCUT2D eigenvalue weighted by atomic mass is 16.5. The van der Waals surface area contributed by atoms with Gasteiger partial charge in [-0.1, -0.05) is 13.8 Å². The summed E-state index contributed by atoms with van der Waals surface area (Å²) < 4.78 is 11.6. The molecule has 1 aromatic rings. The zero-order chi connectivity index (χ0) is 18.3. The third kappa shape index (κ3) is 2.75. The molecule has 4 atom stereocenters. The van der Waals surface area contributed by atoms with Crippen LogP contribution >= 0.6 is 0 Å². The van der Waals surface area contributed by atoms with E-state index in [0.717, 1.165) is 25.7 Å². The van der Waals surface area contributed by atoms with Gasteiger partial charge < -0.3 is 19.4 Å². The predicted octanol–water partition coefficient (Wildman–Crippen LogP) is 2.45. The number of carbonyl (C=O) groups excluding carboxylic acids is 2. The molecule has 6 heteroatoms. The van der Waals surface area contributed by atoms with Gasteiger partial charge in [0.15, 0.2) is 5.76 Å². The van der Waals surface area contributed by atoms with Gasteiger partial charge in [-0.25, -0.2) is 0 Å². The molecule has 4 heterocycles. The maximum atomic E-state index is 12.7. The van der Waals surface area contributed by atoms with Crippen LogP contribution in [-0.4, -0.2) is 48.1 Å². The Morgan fingerprint density at radius 2 is 2.19 bits per heavy atom. The smallest absolute Gasteiger partial charge is 0.289 e. The molecule has 3 aliphatic heterocycles. The maximum absolute atomic E-state index is 12.7. The van der Waals surface area contributed by atoms with Crippen molar-refractivity contribution in [2.24, 2.45) is 17.8 Å². The van der Waals surface area contributed by atoms with Crippen molar-refractivity contribution in [2.45, 2.75) is 51.2 Å². The van der Waals surface area contributed by atoms with Crippen LogP contribution in [0.15, 0.2) is 22.8 Å². The highest BCUT2D eigenvalue weighted by Gasteiger charge is 2.63. The normalized spacial score (nSPS) is 32.3. The second-order valence-electron chi connectivity index (χ2n) is 7.95. The first kappa shape index (κ1) is 17.6. The standard InChI is InChI=1S/C20H28N2O4/c1-3-13(4-2)18(23)21-10-14-15-11-22(19(24)17-6-5-9-25-17)12-20(15)8-7-16(14)26-20/h5-6,9,13-16H,3-4,7-8,10-12H2,1-2H3,(H,21,23)/t14-,15+,16+,20+/m0/s1. The summed E-state index contributed by atoms with van der Waals surface area (Å²) in [5.41, 5.74) is -0.225. The average molecular weight is 360 g/mol. The highest BCUT2D eigenvalue weighted by Crippen LogP contribution is 2.54. The molecule has 4 rings (SSSR count). The molecule has 1 aromatic heterocycles.